The molecule has 0 N–H and O–H groups in total. The molecule has 5 rings (SSSR count). The number of amides is 1. The Balaban J connectivity index is 1.20. The van der Waals surface area contributed by atoms with Crippen molar-refractivity contribution in [2.45, 2.75) is 240 Å². The zero-order valence-electron chi connectivity index (χ0n) is 37.3. The number of unbranched alkanes of at least 4 members (excludes halogenated alkanes) is 9. The molecule has 4 fully saturated rings. The summed E-state index contributed by atoms with van der Waals surface area (Å²) in [6.07, 6.45) is 30.7. The van der Waals surface area contributed by atoms with Gasteiger partial charge in [0.2, 0.25) is 0 Å². The second-order valence-corrected chi connectivity index (χ2v) is 21.9. The molecule has 4 aliphatic carbocycles. The molecule has 1 radical (unpaired) electrons. The fourth-order valence-corrected chi connectivity index (χ4v) is 13.6. The van der Waals surface area contributed by atoms with E-state index >= 15 is 0 Å². The molecule has 0 aromatic carbocycles. The van der Waals surface area contributed by atoms with Crippen LogP contribution in [-0.2, 0) is 9.94 Å². The number of fused-ring (bicyclic) bond motifs is 5. The highest BCUT2D eigenvalue weighted by Gasteiger charge is 2.59. The molecule has 0 aromatic heterocycles. The van der Waals surface area contributed by atoms with E-state index < -0.39 is 11.1 Å². The lowest BCUT2D eigenvalue weighted by molar-refractivity contribution is -0.293. The Labute approximate surface area is 334 Å². The summed E-state index contributed by atoms with van der Waals surface area (Å²) < 4.78 is 6.57. The molecule has 1 aliphatic heterocycles. The van der Waals surface area contributed by atoms with E-state index in [2.05, 4.69) is 80.2 Å². The van der Waals surface area contributed by atoms with Gasteiger partial charge in [-0.2, -0.15) is 0 Å². The molecule has 0 spiro atoms. The molecular formula is C49H87N2O3. The van der Waals surface area contributed by atoms with Gasteiger partial charge in [0.05, 0.1) is 0 Å². The highest BCUT2D eigenvalue weighted by atomic mass is 16.6. The van der Waals surface area contributed by atoms with Crippen LogP contribution in [0.1, 0.15) is 217 Å². The first kappa shape index (κ1) is 44.0. The van der Waals surface area contributed by atoms with Crippen LogP contribution in [0.3, 0.4) is 0 Å². The van der Waals surface area contributed by atoms with Crippen LogP contribution in [0.4, 0.5) is 4.79 Å². The van der Waals surface area contributed by atoms with Crippen molar-refractivity contribution in [3.05, 3.63) is 11.6 Å². The number of carbonyl (C=O) groups is 1. The molecule has 0 aromatic rings. The van der Waals surface area contributed by atoms with Gasteiger partial charge in [0.1, 0.15) is 6.10 Å². The van der Waals surface area contributed by atoms with Gasteiger partial charge in [0, 0.05) is 30.1 Å². The number of nitrogens with zero attached hydrogens (tertiary/aromatic N) is 2. The maximum absolute atomic E-state index is 14.3. The van der Waals surface area contributed by atoms with E-state index in [1.165, 1.54) is 108 Å². The molecule has 1 unspecified atom stereocenters. The van der Waals surface area contributed by atoms with Gasteiger partial charge in [-0.25, -0.2) is 4.79 Å². The Hall–Kier alpha value is -1.07. The first-order valence-corrected chi connectivity index (χ1v) is 23.7. The van der Waals surface area contributed by atoms with Crippen molar-refractivity contribution >= 4 is 6.09 Å². The Morgan fingerprint density at radius 2 is 1.43 bits per heavy atom. The fraction of sp³-hybridized carbons (Fsp3) is 0.939. The maximum atomic E-state index is 14.3. The molecule has 8 atom stereocenters. The number of rotatable bonds is 18. The maximum Gasteiger partial charge on any atom is 0.410 e. The molecule has 0 bridgehead atoms. The lowest BCUT2D eigenvalue weighted by atomic mass is 9.47. The van der Waals surface area contributed by atoms with Crippen molar-refractivity contribution in [1.82, 2.24) is 9.96 Å². The van der Waals surface area contributed by atoms with Crippen LogP contribution in [0.2, 0.25) is 0 Å². The van der Waals surface area contributed by atoms with Crippen LogP contribution in [0, 0.1) is 46.3 Å². The summed E-state index contributed by atoms with van der Waals surface area (Å²) in [5.41, 5.74) is 1.32. The zero-order chi connectivity index (χ0) is 39.3. The summed E-state index contributed by atoms with van der Waals surface area (Å²) in [6, 6.07) is 0.0273. The highest BCUT2D eigenvalue weighted by molar-refractivity contribution is 5.68. The number of hydrogen-bond acceptors (Lipinski definition) is 3. The normalized spacial score (nSPS) is 34.1. The number of piperidine rings is 1. The van der Waals surface area contributed by atoms with Gasteiger partial charge >= 0.3 is 6.09 Å². The van der Waals surface area contributed by atoms with E-state index in [4.69, 9.17) is 4.74 Å². The van der Waals surface area contributed by atoms with Crippen LogP contribution in [-0.4, -0.2) is 45.8 Å². The summed E-state index contributed by atoms with van der Waals surface area (Å²) in [5, 5.41) is 14.6. The Morgan fingerprint density at radius 1 is 0.796 bits per heavy atom. The minimum absolute atomic E-state index is 0.0273. The number of ether oxygens (including phenoxy) is 1. The van der Waals surface area contributed by atoms with Crippen LogP contribution in [0.5, 0.6) is 0 Å². The third-order valence-electron chi connectivity index (χ3n) is 16.5. The van der Waals surface area contributed by atoms with Crippen LogP contribution in [0.25, 0.3) is 0 Å². The van der Waals surface area contributed by atoms with E-state index in [0.29, 0.717) is 18.3 Å². The van der Waals surface area contributed by atoms with Gasteiger partial charge in [0.25, 0.3) is 0 Å². The average molecular weight is 752 g/mol. The van der Waals surface area contributed by atoms with Gasteiger partial charge in [-0.1, -0.05) is 130 Å². The minimum Gasteiger partial charge on any atom is -0.446 e. The van der Waals surface area contributed by atoms with Crippen LogP contribution >= 0.6 is 0 Å². The van der Waals surface area contributed by atoms with E-state index in [1.54, 1.807) is 5.57 Å². The first-order valence-electron chi connectivity index (χ1n) is 23.7. The van der Waals surface area contributed by atoms with Crippen molar-refractivity contribution in [2.24, 2.45) is 46.3 Å². The molecule has 311 valence electrons. The van der Waals surface area contributed by atoms with Gasteiger partial charge in [0.15, 0.2) is 0 Å². The van der Waals surface area contributed by atoms with Crippen molar-refractivity contribution in [3.8, 4) is 0 Å². The van der Waals surface area contributed by atoms with Gasteiger partial charge in [-0.3, -0.25) is 0 Å². The van der Waals surface area contributed by atoms with Gasteiger partial charge in [-0.15, -0.1) is 10.3 Å². The minimum atomic E-state index is -0.514. The third-order valence-corrected chi connectivity index (χ3v) is 16.5. The molecular weight excluding hydrogens is 665 g/mol. The van der Waals surface area contributed by atoms with Crippen LogP contribution in [0.15, 0.2) is 11.6 Å². The smallest absolute Gasteiger partial charge is 0.410 e. The Morgan fingerprint density at radius 3 is 2.06 bits per heavy atom. The summed E-state index contributed by atoms with van der Waals surface area (Å²) in [5.74, 6) is 5.02. The SMILES string of the molecule is CCCCCCCCCCCCN(C(=O)OC1CC[C@@]2(C)C(=CC[C@H]3[C@@H]4CC[C@H]([C@H](C)CCCC(C)C)[C@@]4(C)CC[C@@H]32)C1)C1CC(C)(C)N([O])C(C)(C)C1. The number of hydrogen-bond donors (Lipinski definition) is 0. The first-order chi connectivity index (χ1) is 25.5. The number of allylic oxidation sites excluding steroid dienone is 1. The van der Waals surface area contributed by atoms with Gasteiger partial charge < -0.3 is 9.64 Å². The predicted molar refractivity (Wildman–Crippen MR) is 226 cm³/mol. The molecule has 3 saturated carbocycles. The van der Waals surface area contributed by atoms with E-state index in [0.717, 1.165) is 74.2 Å². The second kappa shape index (κ2) is 18.7. The van der Waals surface area contributed by atoms with Gasteiger partial charge in [-0.05, 0) is 138 Å². The average Bonchev–Trinajstić information content (AvgIpc) is 3.46. The van der Waals surface area contributed by atoms with E-state index in [1.807, 2.05) is 0 Å². The molecule has 5 aliphatic rings. The van der Waals surface area contributed by atoms with Crippen LogP contribution < -0.4 is 0 Å². The fourth-order valence-electron chi connectivity index (χ4n) is 13.6. The molecule has 5 heteroatoms. The molecule has 1 saturated heterocycles. The Bertz CT molecular complexity index is 1210. The molecule has 1 heterocycles. The lowest BCUT2D eigenvalue weighted by Crippen LogP contribution is -2.63. The largest absolute Gasteiger partial charge is 0.446 e. The third kappa shape index (κ3) is 9.96. The topological polar surface area (TPSA) is 52.7 Å². The molecule has 1 amide bonds. The number of carbonyl (C=O) groups excluding carboxylic acids is 1. The summed E-state index contributed by atoms with van der Waals surface area (Å²) >= 11 is 0. The van der Waals surface area contributed by atoms with Crippen molar-refractivity contribution < 1.29 is 14.7 Å². The van der Waals surface area contributed by atoms with Crippen molar-refractivity contribution in [3.63, 3.8) is 0 Å². The molecule has 54 heavy (non-hydrogen) atoms. The summed E-state index contributed by atoms with van der Waals surface area (Å²) in [6.45, 7) is 23.9. The Kier molecular flexibility index (Phi) is 15.2. The number of hydroxylamine groups is 2. The van der Waals surface area contributed by atoms with E-state index in [-0.39, 0.29) is 23.7 Å². The van der Waals surface area contributed by atoms with E-state index in [9.17, 15) is 10.0 Å². The lowest BCUT2D eigenvalue weighted by Gasteiger charge is -2.58. The summed E-state index contributed by atoms with van der Waals surface area (Å²) in [4.78, 5) is 16.4. The predicted octanol–water partition coefficient (Wildman–Crippen LogP) is 14.1. The highest BCUT2D eigenvalue weighted by Crippen LogP contribution is 2.67. The second-order valence-electron chi connectivity index (χ2n) is 21.9. The monoisotopic (exact) mass is 752 g/mol. The van der Waals surface area contributed by atoms with Crippen molar-refractivity contribution in [2.75, 3.05) is 6.54 Å². The quantitative estimate of drug-likeness (QED) is 0.103. The zero-order valence-corrected chi connectivity index (χ0v) is 37.3. The standard InChI is InChI=1S/C49H87N2O3/c1-11-12-13-14-15-16-17-18-19-20-32-50(39-34-46(5,6)51(53)47(7,8)35-39)45(52)54-40-28-30-48(9)38(33-40)24-25-41-43-27-26-42(37(4)23-21-22-36(2)3)49(43,10)31-29-44(41)48/h24,36-37,39-44H,11-23,25-35H2,1-10H3/t37-,40?,41+,42-,43+,44+,48+,49-/m1/s1. The molecule has 5 nitrogen and oxygen atoms in total. The summed E-state index contributed by atoms with van der Waals surface area (Å²) in [7, 11) is 0. The van der Waals surface area contributed by atoms with Crippen molar-refractivity contribution in [1.29, 1.82) is 0 Å².